The molecule has 0 saturated heterocycles. The number of amides is 2. The Balaban J connectivity index is 2.18. The largest absolute Gasteiger partial charge is 0.449 e. The van der Waals surface area contributed by atoms with Crippen LogP contribution in [0.2, 0.25) is 0 Å². The van der Waals surface area contributed by atoms with Crippen molar-refractivity contribution in [2.24, 2.45) is 0 Å². The lowest BCUT2D eigenvalue weighted by atomic mass is 10.1. The first-order valence-corrected chi connectivity index (χ1v) is 7.97. The normalized spacial score (nSPS) is 10.6. The molecule has 0 atom stereocenters. The van der Waals surface area contributed by atoms with E-state index in [2.05, 4.69) is 57.5 Å². The highest BCUT2D eigenvalue weighted by atomic mass is 79.9. The molecule has 2 amide bonds. The van der Waals surface area contributed by atoms with Crippen molar-refractivity contribution in [3.63, 3.8) is 0 Å². The van der Waals surface area contributed by atoms with Gasteiger partial charge < -0.3 is 10.1 Å². The van der Waals surface area contributed by atoms with Gasteiger partial charge in [0.15, 0.2) is 0 Å². The minimum atomic E-state index is -0.781. The molecular weight excluding hydrogens is 408 g/mol. The molecule has 2 aromatic rings. The average Bonchev–Trinajstić information content (AvgIpc) is 3.15. The maximum Gasteiger partial charge on any atom is 0.426 e. The zero-order valence-electron chi connectivity index (χ0n) is 13.4. The third-order valence-electron chi connectivity index (χ3n) is 2.86. The quantitative estimate of drug-likeness (QED) is 0.416. The molecule has 0 fully saturated rings. The van der Waals surface area contributed by atoms with Gasteiger partial charge in [-0.3, -0.25) is 10.2 Å². The van der Waals surface area contributed by atoms with Crippen LogP contribution in [-0.4, -0.2) is 39.2 Å². The first-order chi connectivity index (χ1) is 12.5. The number of hydrogen-bond donors (Lipinski definition) is 4. The van der Waals surface area contributed by atoms with Gasteiger partial charge in [-0.2, -0.15) is 10.5 Å². The average molecular weight is 421 g/mol. The van der Waals surface area contributed by atoms with Gasteiger partial charge in [-0.15, -0.1) is 10.2 Å². The van der Waals surface area contributed by atoms with Crippen molar-refractivity contribution in [3.05, 3.63) is 40.3 Å². The number of hydrogen-bond acceptors (Lipinski definition) is 8. The van der Waals surface area contributed by atoms with Crippen LogP contribution in [0, 0.1) is 11.3 Å². The monoisotopic (exact) mass is 420 g/mol. The Labute approximate surface area is 155 Å². The number of hydrazine groups is 1. The molecule has 0 bridgehead atoms. The van der Waals surface area contributed by atoms with Crippen LogP contribution >= 0.6 is 15.9 Å². The number of carbonyl (C=O) groups is 2. The highest BCUT2D eigenvalue weighted by Crippen LogP contribution is 2.22. The van der Waals surface area contributed by atoms with Crippen LogP contribution < -0.4 is 16.2 Å². The predicted molar refractivity (Wildman–Crippen MR) is 93.2 cm³/mol. The lowest BCUT2D eigenvalue weighted by Crippen LogP contribution is -2.42. The van der Waals surface area contributed by atoms with E-state index in [-0.39, 0.29) is 23.6 Å². The van der Waals surface area contributed by atoms with Gasteiger partial charge in [0.2, 0.25) is 5.82 Å². The number of halogens is 1. The fraction of sp³-hybridized carbons (Fsp3) is 0.143. The molecule has 11 nitrogen and oxygen atoms in total. The molecule has 0 spiro atoms. The second-order valence-electron chi connectivity index (χ2n) is 4.54. The van der Waals surface area contributed by atoms with E-state index in [9.17, 15) is 14.9 Å². The molecule has 0 aliphatic rings. The topological polar surface area (TPSA) is 158 Å². The molecule has 0 unspecified atom stereocenters. The predicted octanol–water partition coefficient (Wildman–Crippen LogP) is 1.33. The molecule has 0 aliphatic carbocycles. The second kappa shape index (κ2) is 9.14. The zero-order chi connectivity index (χ0) is 18.9. The van der Waals surface area contributed by atoms with Gasteiger partial charge in [0.05, 0.1) is 17.9 Å². The molecule has 134 valence electrons. The number of aromatic amines is 1. The standard InChI is InChI=1S/C14H13BrN8O3/c1-2-26-14(25)21-20-13(24)10-4-3-9(15)5-11(10)17-7-8(6-16)12-18-22-23-19-12/h3-5,7,17H,2H2,1H3,(H,20,24)(H,21,25)(H,18,19,22,23). The van der Waals surface area contributed by atoms with E-state index in [0.717, 1.165) is 0 Å². The van der Waals surface area contributed by atoms with E-state index in [1.165, 1.54) is 12.3 Å². The van der Waals surface area contributed by atoms with Crippen LogP contribution in [0.5, 0.6) is 0 Å². The summed E-state index contributed by atoms with van der Waals surface area (Å²) in [5.74, 6) is -0.482. The summed E-state index contributed by atoms with van der Waals surface area (Å²) in [4.78, 5) is 23.5. The van der Waals surface area contributed by atoms with Crippen molar-refractivity contribution in [3.8, 4) is 6.07 Å². The number of aromatic nitrogens is 4. The van der Waals surface area contributed by atoms with Crippen LogP contribution in [0.25, 0.3) is 5.57 Å². The van der Waals surface area contributed by atoms with Crippen LogP contribution in [0.15, 0.2) is 28.9 Å². The first-order valence-electron chi connectivity index (χ1n) is 7.18. The molecule has 4 N–H and O–H groups in total. The minimum Gasteiger partial charge on any atom is -0.449 e. The highest BCUT2D eigenvalue weighted by Gasteiger charge is 2.13. The molecule has 12 heteroatoms. The van der Waals surface area contributed by atoms with Crippen LogP contribution in [0.1, 0.15) is 23.1 Å². The van der Waals surface area contributed by atoms with E-state index in [1.54, 1.807) is 19.1 Å². The SMILES string of the molecule is CCOC(=O)NNC(=O)c1ccc(Br)cc1NC=C(C#N)c1nn[nH]n1. The second-order valence-corrected chi connectivity index (χ2v) is 5.45. The number of ether oxygens (including phenoxy) is 1. The summed E-state index contributed by atoms with van der Waals surface area (Å²) in [6, 6.07) is 6.73. The van der Waals surface area contributed by atoms with Gasteiger partial charge >= 0.3 is 6.09 Å². The number of nitrogens with zero attached hydrogens (tertiary/aromatic N) is 4. The Kier molecular flexibility index (Phi) is 6.63. The molecule has 1 aromatic heterocycles. The van der Waals surface area contributed by atoms with Gasteiger partial charge in [-0.05, 0) is 30.3 Å². The Morgan fingerprint density at radius 2 is 2.23 bits per heavy atom. The maximum absolute atomic E-state index is 12.3. The summed E-state index contributed by atoms with van der Waals surface area (Å²) < 4.78 is 5.35. The van der Waals surface area contributed by atoms with Crippen molar-refractivity contribution >= 4 is 39.2 Å². The van der Waals surface area contributed by atoms with E-state index in [1.807, 2.05) is 6.07 Å². The summed E-state index contributed by atoms with van der Waals surface area (Å²) in [5.41, 5.74) is 5.04. The van der Waals surface area contributed by atoms with Crippen molar-refractivity contribution in [1.29, 1.82) is 5.26 Å². The Bertz CT molecular complexity index is 860. The zero-order valence-corrected chi connectivity index (χ0v) is 15.0. The van der Waals surface area contributed by atoms with Crippen molar-refractivity contribution in [1.82, 2.24) is 31.5 Å². The smallest absolute Gasteiger partial charge is 0.426 e. The highest BCUT2D eigenvalue weighted by molar-refractivity contribution is 9.10. The van der Waals surface area contributed by atoms with E-state index in [0.29, 0.717) is 10.2 Å². The molecule has 0 aliphatic heterocycles. The maximum atomic E-state index is 12.3. The molecular formula is C14H13BrN8O3. The third-order valence-corrected chi connectivity index (χ3v) is 3.35. The number of nitriles is 1. The van der Waals surface area contributed by atoms with Gasteiger partial charge in [0.1, 0.15) is 11.6 Å². The van der Waals surface area contributed by atoms with Crippen molar-refractivity contribution in [2.75, 3.05) is 11.9 Å². The summed E-state index contributed by atoms with van der Waals surface area (Å²) in [6.07, 6.45) is 0.554. The van der Waals surface area contributed by atoms with Crippen LogP contribution in [0.4, 0.5) is 10.5 Å². The van der Waals surface area contributed by atoms with Crippen LogP contribution in [-0.2, 0) is 4.74 Å². The van der Waals surface area contributed by atoms with Crippen molar-refractivity contribution in [2.45, 2.75) is 6.92 Å². The van der Waals surface area contributed by atoms with Gasteiger partial charge in [0.25, 0.3) is 5.91 Å². The Morgan fingerprint density at radius 1 is 1.42 bits per heavy atom. The minimum absolute atomic E-state index is 0.102. The summed E-state index contributed by atoms with van der Waals surface area (Å²) >= 11 is 3.30. The number of tetrazole rings is 1. The molecule has 1 heterocycles. The van der Waals surface area contributed by atoms with Crippen LogP contribution in [0.3, 0.4) is 0 Å². The van der Waals surface area contributed by atoms with E-state index < -0.39 is 12.0 Å². The van der Waals surface area contributed by atoms with Crippen molar-refractivity contribution < 1.29 is 14.3 Å². The first kappa shape index (κ1) is 18.9. The number of anilines is 1. The fourth-order valence-electron chi connectivity index (χ4n) is 1.75. The van der Waals surface area contributed by atoms with Gasteiger partial charge in [-0.25, -0.2) is 10.2 Å². The fourth-order valence-corrected chi connectivity index (χ4v) is 2.11. The Morgan fingerprint density at radius 3 is 2.88 bits per heavy atom. The van der Waals surface area contributed by atoms with E-state index >= 15 is 0 Å². The van der Waals surface area contributed by atoms with E-state index in [4.69, 9.17) is 0 Å². The molecule has 2 rings (SSSR count). The lowest BCUT2D eigenvalue weighted by Gasteiger charge is -2.11. The number of benzene rings is 1. The summed E-state index contributed by atoms with van der Waals surface area (Å²) in [7, 11) is 0. The number of nitrogens with one attached hydrogen (secondary N) is 4. The third kappa shape index (κ3) is 5.02. The number of H-pyrrole nitrogens is 1. The number of rotatable bonds is 5. The number of carbonyl (C=O) groups excluding carboxylic acids is 2. The molecule has 26 heavy (non-hydrogen) atoms. The van der Waals surface area contributed by atoms with Gasteiger partial charge in [-0.1, -0.05) is 15.9 Å². The molecule has 1 aromatic carbocycles. The lowest BCUT2D eigenvalue weighted by molar-refractivity contribution is 0.0913. The molecule has 0 radical (unpaired) electrons. The number of allylic oxidation sites excluding steroid dienone is 1. The molecule has 0 saturated carbocycles. The summed E-state index contributed by atoms with van der Waals surface area (Å²) in [6.45, 7) is 1.81. The Hall–Kier alpha value is -3.46. The summed E-state index contributed by atoms with van der Waals surface area (Å²) in [5, 5.41) is 25.1. The van der Waals surface area contributed by atoms with Gasteiger partial charge in [0, 0.05) is 10.7 Å².